The van der Waals surface area contributed by atoms with E-state index in [1.807, 2.05) is 57.6 Å². The van der Waals surface area contributed by atoms with Crippen LogP contribution in [0.3, 0.4) is 0 Å². The number of hydrogen-bond acceptors (Lipinski definition) is 8. The first-order chi connectivity index (χ1) is 28.4. The van der Waals surface area contributed by atoms with E-state index in [4.69, 9.17) is 18.5 Å². The minimum absolute atomic E-state index is 0.00466. The Morgan fingerprint density at radius 3 is 1.80 bits per heavy atom. The summed E-state index contributed by atoms with van der Waals surface area (Å²) in [5.74, 6) is -0.930. The first-order valence-electron chi connectivity index (χ1n) is 22.1. The first kappa shape index (κ1) is 55.9. The molecule has 59 heavy (non-hydrogen) atoms. The molecule has 0 aromatic carbocycles. The Morgan fingerprint density at radius 2 is 1.19 bits per heavy atom. The minimum atomic E-state index is -4.41. The van der Waals surface area contributed by atoms with E-state index in [0.717, 1.165) is 89.9 Å². The van der Waals surface area contributed by atoms with Gasteiger partial charge in [-0.15, -0.1) is 0 Å². The molecule has 0 spiro atoms. The van der Waals surface area contributed by atoms with Gasteiger partial charge in [-0.05, 0) is 77.0 Å². The van der Waals surface area contributed by atoms with Gasteiger partial charge in [0.1, 0.15) is 19.8 Å². The molecule has 0 aliphatic rings. The fourth-order valence-electron chi connectivity index (χ4n) is 5.22. The van der Waals surface area contributed by atoms with E-state index in [9.17, 15) is 24.2 Å². The van der Waals surface area contributed by atoms with Gasteiger partial charge in [0.2, 0.25) is 0 Å². The quantitative estimate of drug-likeness (QED) is 0.0156. The maximum absolute atomic E-state index is 12.7. The van der Waals surface area contributed by atoms with Gasteiger partial charge in [0.05, 0.1) is 33.9 Å². The van der Waals surface area contributed by atoms with Crippen molar-refractivity contribution in [3.63, 3.8) is 0 Å². The monoisotopic (exact) mass is 847 g/mol. The maximum atomic E-state index is 12.7. The Labute approximate surface area is 358 Å². The van der Waals surface area contributed by atoms with Crippen LogP contribution in [0.15, 0.2) is 97.2 Å². The summed E-state index contributed by atoms with van der Waals surface area (Å²) in [7, 11) is 1.38. The second-order valence-electron chi connectivity index (χ2n) is 15.5. The summed E-state index contributed by atoms with van der Waals surface area (Å²) in [5.41, 5.74) is 0. The second-order valence-corrected chi connectivity index (χ2v) is 17.0. The molecule has 336 valence electrons. The first-order valence-corrected chi connectivity index (χ1v) is 23.6. The number of phosphoric ester groups is 1. The van der Waals surface area contributed by atoms with Gasteiger partial charge in [0.15, 0.2) is 6.10 Å². The van der Waals surface area contributed by atoms with Crippen LogP contribution in [-0.4, -0.2) is 86.1 Å². The van der Waals surface area contributed by atoms with Gasteiger partial charge in [0, 0.05) is 12.8 Å². The largest absolute Gasteiger partial charge is 0.472 e. The van der Waals surface area contributed by atoms with Crippen molar-refractivity contribution in [1.29, 1.82) is 0 Å². The summed E-state index contributed by atoms with van der Waals surface area (Å²) in [6.45, 7) is 4.04. The predicted molar refractivity (Wildman–Crippen MR) is 244 cm³/mol. The smallest absolute Gasteiger partial charge is 0.462 e. The maximum Gasteiger partial charge on any atom is 0.472 e. The number of likely N-dealkylation sites (N-methyl/N-ethyl adjacent to an activating group) is 1. The van der Waals surface area contributed by atoms with Crippen LogP contribution in [0, 0.1) is 0 Å². The lowest BCUT2D eigenvalue weighted by atomic mass is 10.1. The van der Waals surface area contributed by atoms with Gasteiger partial charge in [-0.2, -0.15) is 0 Å². The number of phosphoric acid groups is 1. The van der Waals surface area contributed by atoms with Crippen molar-refractivity contribution in [3.05, 3.63) is 97.2 Å². The molecule has 10 nitrogen and oxygen atoms in total. The number of carbonyl (C=O) groups excluding carboxylic acids is 2. The highest BCUT2D eigenvalue weighted by Gasteiger charge is 2.27. The molecule has 0 aromatic rings. The number of quaternary nitrogens is 1. The number of aliphatic hydroxyl groups is 1. The van der Waals surface area contributed by atoms with Crippen molar-refractivity contribution in [2.75, 3.05) is 47.5 Å². The van der Waals surface area contributed by atoms with Crippen molar-refractivity contribution in [2.45, 2.75) is 148 Å². The summed E-state index contributed by atoms with van der Waals surface area (Å²) in [6, 6.07) is 0. The zero-order chi connectivity index (χ0) is 43.7. The molecule has 3 atom stereocenters. The van der Waals surface area contributed by atoms with Crippen LogP contribution in [0.4, 0.5) is 0 Å². The SMILES string of the molecule is CC/C=C\C/C=C\C/C=C\C/C=C\CCCCCCC(=O)O[C@H](COC(=O)CCC/C=C\C/C=C\C/C=C\C=C\[C@H](O)CCCCC)COP(=O)(O)OCC[N+](C)(C)C. The zero-order valence-corrected chi connectivity index (χ0v) is 38.2. The third kappa shape index (κ3) is 42.8. The Kier molecular flexibility index (Phi) is 37.0. The van der Waals surface area contributed by atoms with Crippen molar-refractivity contribution >= 4 is 19.8 Å². The van der Waals surface area contributed by atoms with Crippen molar-refractivity contribution in [2.24, 2.45) is 0 Å². The lowest BCUT2D eigenvalue weighted by Crippen LogP contribution is -2.37. The second kappa shape index (κ2) is 39.1. The standard InChI is InChI=1S/C48H80NO9P/c1-6-8-10-11-12-13-14-15-16-17-18-19-22-26-29-32-36-40-48(52)58-46(44-57-59(53,54)56-42-41-49(3,4)5)43-55-47(51)39-35-31-28-25-23-20-21-24-27-30-34-38-45(50)37-33-9-7-2/h8,10,12-13,15-16,18-21,25,27-28,30,34,38,45-46,50H,6-7,9,11,14,17,22-24,26,29,31-33,35-37,39-44H2,1-5H3/p+1/b10-8-,13-12-,16-15-,19-18-,21-20-,28-25-,30-27-,38-34+/t45-,46-/m1/s1. The van der Waals surface area contributed by atoms with Crippen LogP contribution >= 0.6 is 7.82 Å². The van der Waals surface area contributed by atoms with Crippen molar-refractivity contribution in [1.82, 2.24) is 0 Å². The van der Waals surface area contributed by atoms with Crippen LogP contribution in [0.1, 0.15) is 136 Å². The fourth-order valence-corrected chi connectivity index (χ4v) is 5.97. The molecule has 0 rings (SSSR count). The van der Waals surface area contributed by atoms with Crippen LogP contribution in [0.2, 0.25) is 0 Å². The lowest BCUT2D eigenvalue weighted by molar-refractivity contribution is -0.870. The summed E-state index contributed by atoms with van der Waals surface area (Å²) in [6.07, 6.45) is 47.9. The summed E-state index contributed by atoms with van der Waals surface area (Å²) in [4.78, 5) is 35.4. The molecule has 0 radical (unpaired) electrons. The topological polar surface area (TPSA) is 129 Å². The summed E-state index contributed by atoms with van der Waals surface area (Å²) < 4.78 is 34.2. The molecular formula is C48H81NO9P+. The average Bonchev–Trinajstić information content (AvgIpc) is 3.18. The Balaban J connectivity index is 4.56. The Morgan fingerprint density at radius 1 is 0.627 bits per heavy atom. The molecular weight excluding hydrogens is 766 g/mol. The summed E-state index contributed by atoms with van der Waals surface area (Å²) >= 11 is 0. The van der Waals surface area contributed by atoms with Gasteiger partial charge in [0.25, 0.3) is 0 Å². The van der Waals surface area contributed by atoms with Gasteiger partial charge in [-0.25, -0.2) is 4.57 Å². The van der Waals surface area contributed by atoms with Crippen LogP contribution in [0.25, 0.3) is 0 Å². The van der Waals surface area contributed by atoms with Crippen molar-refractivity contribution in [3.8, 4) is 0 Å². The summed E-state index contributed by atoms with van der Waals surface area (Å²) in [5, 5.41) is 9.90. The Bertz CT molecular complexity index is 1340. The van der Waals surface area contributed by atoms with Crippen molar-refractivity contribution < 1.29 is 47.2 Å². The van der Waals surface area contributed by atoms with Crippen LogP contribution in [0.5, 0.6) is 0 Å². The minimum Gasteiger partial charge on any atom is -0.462 e. The third-order valence-electron chi connectivity index (χ3n) is 8.70. The number of unbranched alkanes of at least 4 members (excludes halogenated alkanes) is 7. The molecule has 0 aromatic heterocycles. The van der Waals surface area contributed by atoms with E-state index in [1.165, 1.54) is 0 Å². The Hall–Kier alpha value is -3.11. The van der Waals surface area contributed by atoms with Gasteiger partial charge in [-0.1, -0.05) is 143 Å². The molecule has 0 saturated carbocycles. The number of carbonyl (C=O) groups is 2. The molecule has 0 heterocycles. The predicted octanol–water partition coefficient (Wildman–Crippen LogP) is 11.5. The van der Waals surface area contributed by atoms with Crippen LogP contribution in [-0.2, 0) is 32.7 Å². The van der Waals surface area contributed by atoms with E-state index < -0.39 is 32.5 Å². The molecule has 0 aliphatic carbocycles. The lowest BCUT2D eigenvalue weighted by Gasteiger charge is -2.24. The zero-order valence-electron chi connectivity index (χ0n) is 37.3. The number of esters is 2. The number of allylic oxidation sites excluding steroid dienone is 15. The van der Waals surface area contributed by atoms with E-state index in [1.54, 1.807) is 0 Å². The molecule has 0 aliphatic heterocycles. The average molecular weight is 847 g/mol. The van der Waals surface area contributed by atoms with E-state index in [0.29, 0.717) is 30.3 Å². The highest BCUT2D eigenvalue weighted by molar-refractivity contribution is 7.47. The molecule has 0 amide bonds. The van der Waals surface area contributed by atoms with Gasteiger partial charge in [-0.3, -0.25) is 18.6 Å². The number of aliphatic hydroxyl groups excluding tert-OH is 1. The number of ether oxygens (including phenoxy) is 2. The third-order valence-corrected chi connectivity index (χ3v) is 9.69. The van der Waals surface area contributed by atoms with Gasteiger partial charge < -0.3 is 24.0 Å². The molecule has 0 fully saturated rings. The molecule has 0 bridgehead atoms. The van der Waals surface area contributed by atoms with E-state index in [2.05, 4.69) is 74.6 Å². The number of rotatable bonds is 38. The molecule has 2 N–H and O–H groups in total. The number of nitrogens with zero attached hydrogens (tertiary/aromatic N) is 1. The van der Waals surface area contributed by atoms with E-state index in [-0.39, 0.29) is 32.2 Å². The number of hydrogen-bond donors (Lipinski definition) is 2. The molecule has 11 heteroatoms. The van der Waals surface area contributed by atoms with E-state index >= 15 is 0 Å². The highest BCUT2D eigenvalue weighted by atomic mass is 31.2. The van der Waals surface area contributed by atoms with Gasteiger partial charge >= 0.3 is 19.8 Å². The normalized spacial score (nSPS) is 15.0. The molecule has 1 unspecified atom stereocenters. The fraction of sp³-hybridized carbons (Fsp3) is 0.625. The van der Waals surface area contributed by atoms with Crippen LogP contribution < -0.4 is 0 Å². The molecule has 0 saturated heterocycles. The highest BCUT2D eigenvalue weighted by Crippen LogP contribution is 2.43.